The lowest BCUT2D eigenvalue weighted by atomic mass is 9.85. The lowest BCUT2D eigenvalue weighted by Gasteiger charge is -2.28. The molecule has 0 radical (unpaired) electrons. The Labute approximate surface area is 119 Å². The van der Waals surface area contributed by atoms with Gasteiger partial charge in [-0.15, -0.1) is 0 Å². The number of aliphatic hydroxyl groups is 1. The molecule has 4 heteroatoms. The summed E-state index contributed by atoms with van der Waals surface area (Å²) in [7, 11) is 0. The Morgan fingerprint density at radius 3 is 3.05 bits per heavy atom. The predicted molar refractivity (Wildman–Crippen MR) is 77.7 cm³/mol. The van der Waals surface area contributed by atoms with E-state index in [-0.39, 0.29) is 6.61 Å². The number of hydrogen-bond donors (Lipinski definition) is 2. The van der Waals surface area contributed by atoms with E-state index in [9.17, 15) is 0 Å². The van der Waals surface area contributed by atoms with Crippen LogP contribution >= 0.6 is 0 Å². The van der Waals surface area contributed by atoms with E-state index in [4.69, 9.17) is 14.7 Å². The lowest BCUT2D eigenvalue weighted by molar-refractivity contribution is 0.179. The summed E-state index contributed by atoms with van der Waals surface area (Å²) in [4.78, 5) is 5.68. The summed E-state index contributed by atoms with van der Waals surface area (Å²) in [6.07, 6.45) is 5.43. The van der Waals surface area contributed by atoms with Crippen molar-refractivity contribution in [3.05, 3.63) is 29.3 Å². The highest BCUT2D eigenvalue weighted by Crippen LogP contribution is 2.44. The van der Waals surface area contributed by atoms with Gasteiger partial charge in [-0.25, -0.2) is 0 Å². The summed E-state index contributed by atoms with van der Waals surface area (Å²) in [5.74, 6) is 1.75. The molecule has 108 valence electrons. The summed E-state index contributed by atoms with van der Waals surface area (Å²) in [6.45, 7) is 1.53. The van der Waals surface area contributed by atoms with Crippen LogP contribution < -0.4 is 15.1 Å². The second-order valence-electron chi connectivity index (χ2n) is 5.28. The first-order valence-corrected chi connectivity index (χ1v) is 7.38. The van der Waals surface area contributed by atoms with Crippen LogP contribution in [0.2, 0.25) is 0 Å². The van der Waals surface area contributed by atoms with Crippen LogP contribution in [0.15, 0.2) is 23.8 Å². The van der Waals surface area contributed by atoms with Crippen LogP contribution in [0.4, 0.5) is 0 Å². The smallest absolute Gasteiger partial charge is 0.158 e. The zero-order chi connectivity index (χ0) is 13.8. The van der Waals surface area contributed by atoms with Gasteiger partial charge in [0.2, 0.25) is 0 Å². The van der Waals surface area contributed by atoms with Gasteiger partial charge in [0.15, 0.2) is 5.75 Å². The molecule has 2 aliphatic rings. The highest BCUT2D eigenvalue weighted by atomic mass is 16.6. The number of allylic oxidation sites excluding steroid dienone is 1. The van der Waals surface area contributed by atoms with Gasteiger partial charge in [-0.1, -0.05) is 6.07 Å². The van der Waals surface area contributed by atoms with Gasteiger partial charge in [-0.3, -0.25) is 0 Å². The van der Waals surface area contributed by atoms with E-state index in [0.29, 0.717) is 13.0 Å². The Morgan fingerprint density at radius 2 is 2.15 bits per heavy atom. The number of hydrogen-bond acceptors (Lipinski definition) is 4. The SMILES string of the molecule is OCCCNOc1cccc2c1C1=C(CCCC1)CO2. The molecule has 0 fully saturated rings. The molecule has 20 heavy (non-hydrogen) atoms. The van der Waals surface area contributed by atoms with Crippen LogP contribution in [-0.2, 0) is 0 Å². The van der Waals surface area contributed by atoms with Gasteiger partial charge in [0, 0.05) is 13.2 Å². The standard InChI is InChI=1S/C16H21NO3/c18-10-4-9-17-20-15-8-3-7-14-16(15)13-6-2-1-5-12(13)11-19-14/h3,7-8,17-18H,1-2,4-6,9-11H2. The summed E-state index contributed by atoms with van der Waals surface area (Å²) >= 11 is 0. The topological polar surface area (TPSA) is 50.7 Å². The summed E-state index contributed by atoms with van der Waals surface area (Å²) in [5.41, 5.74) is 6.87. The molecule has 0 saturated heterocycles. The van der Waals surface area contributed by atoms with Crippen molar-refractivity contribution in [3.8, 4) is 11.5 Å². The third kappa shape index (κ3) is 2.67. The van der Waals surface area contributed by atoms with Crippen molar-refractivity contribution >= 4 is 5.57 Å². The molecule has 1 aliphatic heterocycles. The van der Waals surface area contributed by atoms with Crippen LogP contribution in [0.1, 0.15) is 37.7 Å². The number of fused-ring (bicyclic) bond motifs is 2. The van der Waals surface area contributed by atoms with Crippen molar-refractivity contribution in [2.24, 2.45) is 0 Å². The number of aliphatic hydroxyl groups excluding tert-OH is 1. The molecule has 0 saturated carbocycles. The molecule has 4 nitrogen and oxygen atoms in total. The van der Waals surface area contributed by atoms with Crippen LogP contribution in [-0.4, -0.2) is 24.9 Å². The number of ether oxygens (including phenoxy) is 1. The summed E-state index contributed by atoms with van der Waals surface area (Å²) in [5, 5.41) is 8.79. The van der Waals surface area contributed by atoms with Crippen LogP contribution in [0, 0.1) is 0 Å². The zero-order valence-electron chi connectivity index (χ0n) is 11.7. The van der Waals surface area contributed by atoms with Crippen molar-refractivity contribution < 1.29 is 14.7 Å². The van der Waals surface area contributed by atoms with Crippen molar-refractivity contribution in [3.63, 3.8) is 0 Å². The summed E-state index contributed by atoms with van der Waals surface area (Å²) < 4.78 is 5.86. The molecule has 0 unspecified atom stereocenters. The van der Waals surface area contributed by atoms with Gasteiger partial charge >= 0.3 is 0 Å². The highest BCUT2D eigenvalue weighted by Gasteiger charge is 2.25. The minimum absolute atomic E-state index is 0.168. The van der Waals surface area contributed by atoms with Crippen molar-refractivity contribution in [2.45, 2.75) is 32.1 Å². The van der Waals surface area contributed by atoms with Gasteiger partial charge in [-0.05, 0) is 55.4 Å². The van der Waals surface area contributed by atoms with Gasteiger partial charge in [0.25, 0.3) is 0 Å². The van der Waals surface area contributed by atoms with Gasteiger partial charge in [0.1, 0.15) is 12.4 Å². The van der Waals surface area contributed by atoms with E-state index in [1.807, 2.05) is 18.2 Å². The first kappa shape index (κ1) is 13.5. The predicted octanol–water partition coefficient (Wildman–Crippen LogP) is 2.67. The third-order valence-electron chi connectivity index (χ3n) is 3.89. The maximum atomic E-state index is 8.79. The van der Waals surface area contributed by atoms with E-state index in [2.05, 4.69) is 5.48 Å². The fraction of sp³-hybridized carbons (Fsp3) is 0.500. The Bertz CT molecular complexity index is 510. The summed E-state index contributed by atoms with van der Waals surface area (Å²) in [6, 6.07) is 5.93. The number of hydroxylamine groups is 1. The van der Waals surface area contributed by atoms with E-state index in [1.165, 1.54) is 24.0 Å². The molecule has 0 aromatic heterocycles. The molecule has 1 heterocycles. The van der Waals surface area contributed by atoms with Gasteiger partial charge in [0.05, 0.1) is 5.56 Å². The third-order valence-corrected chi connectivity index (χ3v) is 3.89. The number of nitrogens with one attached hydrogen (secondary N) is 1. The largest absolute Gasteiger partial charge is 0.488 e. The Kier molecular flexibility index (Phi) is 4.23. The Hall–Kier alpha value is -1.52. The molecule has 0 atom stereocenters. The molecule has 0 spiro atoms. The van der Waals surface area contributed by atoms with Gasteiger partial charge in [-0.2, -0.15) is 5.48 Å². The fourth-order valence-electron chi connectivity index (χ4n) is 2.89. The Balaban J connectivity index is 1.84. The molecule has 1 aromatic rings. The molecule has 0 bridgehead atoms. The van der Waals surface area contributed by atoms with Crippen LogP contribution in [0.5, 0.6) is 11.5 Å². The molecular weight excluding hydrogens is 254 g/mol. The lowest BCUT2D eigenvalue weighted by Crippen LogP contribution is -2.22. The van der Waals surface area contributed by atoms with Crippen molar-refractivity contribution in [1.82, 2.24) is 5.48 Å². The maximum absolute atomic E-state index is 8.79. The Morgan fingerprint density at radius 1 is 1.25 bits per heavy atom. The van der Waals surface area contributed by atoms with Gasteiger partial charge < -0.3 is 14.7 Å². The minimum Gasteiger partial charge on any atom is -0.488 e. The fourth-order valence-corrected chi connectivity index (χ4v) is 2.89. The van der Waals surface area contributed by atoms with Crippen LogP contribution in [0.3, 0.4) is 0 Å². The normalized spacial score (nSPS) is 17.2. The molecule has 1 aliphatic carbocycles. The number of benzene rings is 1. The molecule has 1 aromatic carbocycles. The second kappa shape index (κ2) is 6.29. The quantitative estimate of drug-likeness (QED) is 0.641. The first-order valence-electron chi connectivity index (χ1n) is 7.38. The average Bonchev–Trinajstić information content (AvgIpc) is 2.51. The second-order valence-corrected chi connectivity index (χ2v) is 5.28. The molecule has 3 rings (SSSR count). The molecular formula is C16H21NO3. The maximum Gasteiger partial charge on any atom is 0.158 e. The van der Waals surface area contributed by atoms with E-state index in [1.54, 1.807) is 0 Å². The van der Waals surface area contributed by atoms with Crippen molar-refractivity contribution in [1.29, 1.82) is 0 Å². The van der Waals surface area contributed by atoms with E-state index >= 15 is 0 Å². The monoisotopic (exact) mass is 275 g/mol. The number of rotatable bonds is 5. The zero-order valence-corrected chi connectivity index (χ0v) is 11.7. The van der Waals surface area contributed by atoms with E-state index in [0.717, 1.165) is 36.5 Å². The average molecular weight is 275 g/mol. The molecule has 2 N–H and O–H groups in total. The highest BCUT2D eigenvalue weighted by molar-refractivity contribution is 5.79. The van der Waals surface area contributed by atoms with E-state index < -0.39 is 0 Å². The van der Waals surface area contributed by atoms with Crippen LogP contribution in [0.25, 0.3) is 5.57 Å². The molecule has 0 amide bonds. The first-order chi connectivity index (χ1) is 9.90. The van der Waals surface area contributed by atoms with Crippen molar-refractivity contribution in [2.75, 3.05) is 19.8 Å². The minimum atomic E-state index is 0.168.